The number of carbonyl (C=O) groups is 1. The fourth-order valence-corrected chi connectivity index (χ4v) is 5.65. The number of hydrogen-bond donors (Lipinski definition) is 3. The predicted octanol–water partition coefficient (Wildman–Crippen LogP) is 7.95. The van der Waals surface area contributed by atoms with Gasteiger partial charge in [-0.2, -0.15) is 18.3 Å². The second-order valence-corrected chi connectivity index (χ2v) is 11.6. The Morgan fingerprint density at radius 1 is 1.07 bits per heavy atom. The molecule has 0 bridgehead atoms. The number of aromatic nitrogens is 2. The van der Waals surface area contributed by atoms with Crippen molar-refractivity contribution in [3.8, 4) is 11.5 Å². The van der Waals surface area contributed by atoms with Gasteiger partial charge in [0.05, 0.1) is 27.2 Å². The minimum Gasteiger partial charge on any atom is -0.453 e. The standard InChI is InChI=1S/C31H29ClF5N5O3/c32-22-8-7-19(33)14-24(22)45-28-23(40-30(43)16-10-18(31(35,36)37)13-20(34)11-16)12-17(15-39-21-4-3-5-21)27-26(28)29(38)41-42(27)25-6-1-2-9-44-25/h7-8,10-14,21,25,39H,1-6,9,15H2,(H2,38,41)(H,40,43). The molecule has 0 spiro atoms. The maximum atomic E-state index is 14.3. The number of nitrogen functional groups attached to an aromatic ring is 1. The second kappa shape index (κ2) is 12.5. The van der Waals surface area contributed by atoms with E-state index >= 15 is 0 Å². The van der Waals surface area contributed by atoms with Crippen LogP contribution in [0.5, 0.6) is 11.5 Å². The monoisotopic (exact) mass is 649 g/mol. The molecule has 45 heavy (non-hydrogen) atoms. The van der Waals surface area contributed by atoms with E-state index in [0.717, 1.165) is 44.2 Å². The van der Waals surface area contributed by atoms with E-state index in [4.69, 9.17) is 26.8 Å². The third-order valence-electron chi connectivity index (χ3n) is 7.99. The zero-order chi connectivity index (χ0) is 31.9. The van der Waals surface area contributed by atoms with Gasteiger partial charge in [0, 0.05) is 30.8 Å². The number of nitrogens with one attached hydrogen (secondary N) is 2. The molecule has 14 heteroatoms. The quantitative estimate of drug-likeness (QED) is 0.167. The van der Waals surface area contributed by atoms with E-state index in [2.05, 4.69) is 15.7 Å². The summed E-state index contributed by atoms with van der Waals surface area (Å²) in [7, 11) is 0. The van der Waals surface area contributed by atoms with Crippen molar-refractivity contribution in [2.75, 3.05) is 17.7 Å². The number of fused-ring (bicyclic) bond motifs is 1. The lowest BCUT2D eigenvalue weighted by molar-refractivity contribution is -0.137. The molecule has 1 amide bonds. The van der Waals surface area contributed by atoms with Gasteiger partial charge in [-0.3, -0.25) is 4.79 Å². The van der Waals surface area contributed by atoms with Crippen molar-refractivity contribution in [3.05, 3.63) is 75.8 Å². The summed E-state index contributed by atoms with van der Waals surface area (Å²) in [4.78, 5) is 13.4. The van der Waals surface area contributed by atoms with E-state index in [9.17, 15) is 26.7 Å². The van der Waals surface area contributed by atoms with Gasteiger partial charge >= 0.3 is 6.18 Å². The summed E-state index contributed by atoms with van der Waals surface area (Å²) in [5, 5.41) is 10.9. The number of benzene rings is 3. The number of amides is 1. The molecule has 2 heterocycles. The second-order valence-electron chi connectivity index (χ2n) is 11.2. The minimum absolute atomic E-state index is 0.00723. The van der Waals surface area contributed by atoms with Gasteiger partial charge in [-0.1, -0.05) is 18.0 Å². The molecule has 8 nitrogen and oxygen atoms in total. The van der Waals surface area contributed by atoms with Crippen LogP contribution in [0.1, 0.15) is 66.2 Å². The molecular formula is C31H29ClF5N5O3. The highest BCUT2D eigenvalue weighted by atomic mass is 35.5. The van der Waals surface area contributed by atoms with Crippen molar-refractivity contribution in [1.29, 1.82) is 0 Å². The van der Waals surface area contributed by atoms with Crippen molar-refractivity contribution < 1.29 is 36.2 Å². The van der Waals surface area contributed by atoms with Gasteiger partial charge in [-0.15, -0.1) is 0 Å². The molecule has 2 fully saturated rings. The Labute approximate surface area is 259 Å². The molecule has 1 atom stereocenters. The van der Waals surface area contributed by atoms with Crippen molar-refractivity contribution in [2.24, 2.45) is 0 Å². The molecule has 3 aromatic carbocycles. The summed E-state index contributed by atoms with van der Waals surface area (Å²) >= 11 is 6.32. The van der Waals surface area contributed by atoms with E-state index in [1.165, 1.54) is 6.07 Å². The summed E-state index contributed by atoms with van der Waals surface area (Å²) < 4.78 is 82.6. The number of nitrogens with zero attached hydrogens (tertiary/aromatic N) is 2. The molecule has 1 aliphatic carbocycles. The fraction of sp³-hybridized carbons (Fsp3) is 0.355. The molecule has 1 saturated carbocycles. The summed E-state index contributed by atoms with van der Waals surface area (Å²) in [5.41, 5.74) is 5.74. The van der Waals surface area contributed by atoms with Crippen LogP contribution in [0, 0.1) is 11.6 Å². The van der Waals surface area contributed by atoms with Crippen LogP contribution in [-0.4, -0.2) is 28.3 Å². The Bertz CT molecular complexity index is 1750. The summed E-state index contributed by atoms with van der Waals surface area (Å²) in [6, 6.07) is 6.86. The maximum Gasteiger partial charge on any atom is 0.416 e. The van der Waals surface area contributed by atoms with Crippen molar-refractivity contribution in [2.45, 2.75) is 63.5 Å². The van der Waals surface area contributed by atoms with Crippen LogP contribution in [0.3, 0.4) is 0 Å². The SMILES string of the molecule is Nc1nn(C2CCCCO2)c2c(CNC3CCC3)cc(NC(=O)c3cc(F)cc(C(F)(F)F)c3)c(Oc3cc(F)ccc3Cl)c12. The van der Waals surface area contributed by atoms with Gasteiger partial charge < -0.3 is 25.8 Å². The van der Waals surface area contributed by atoms with Crippen LogP contribution in [0.4, 0.5) is 33.5 Å². The molecule has 0 radical (unpaired) electrons. The third-order valence-corrected chi connectivity index (χ3v) is 8.30. The first-order valence-corrected chi connectivity index (χ1v) is 14.9. The first-order valence-electron chi connectivity index (χ1n) is 14.5. The van der Waals surface area contributed by atoms with E-state index in [1.54, 1.807) is 10.7 Å². The van der Waals surface area contributed by atoms with Gasteiger partial charge in [-0.05, 0) is 74.1 Å². The molecule has 1 aromatic heterocycles. The Hall–Kier alpha value is -3.94. The summed E-state index contributed by atoms with van der Waals surface area (Å²) in [6.07, 6.45) is 0.177. The zero-order valence-electron chi connectivity index (χ0n) is 23.8. The van der Waals surface area contributed by atoms with Crippen LogP contribution in [-0.2, 0) is 17.5 Å². The Balaban J connectivity index is 1.52. The van der Waals surface area contributed by atoms with E-state index in [-0.39, 0.29) is 39.5 Å². The average molecular weight is 650 g/mol. The fourth-order valence-electron chi connectivity index (χ4n) is 5.50. The van der Waals surface area contributed by atoms with Crippen LogP contribution >= 0.6 is 11.6 Å². The van der Waals surface area contributed by atoms with Gasteiger partial charge in [0.15, 0.2) is 17.8 Å². The number of nitrogens with two attached hydrogens (primary N) is 1. The zero-order valence-corrected chi connectivity index (χ0v) is 24.6. The van der Waals surface area contributed by atoms with Crippen LogP contribution in [0.2, 0.25) is 5.02 Å². The lowest BCUT2D eigenvalue weighted by atomic mass is 9.93. The number of alkyl halides is 3. The molecular weight excluding hydrogens is 621 g/mol. The number of rotatable bonds is 8. The molecule has 4 aromatic rings. The topological polar surface area (TPSA) is 103 Å². The molecule has 1 aliphatic heterocycles. The third kappa shape index (κ3) is 6.56. The summed E-state index contributed by atoms with van der Waals surface area (Å²) in [5.74, 6) is -3.12. The first-order chi connectivity index (χ1) is 21.5. The number of carbonyl (C=O) groups excluding carboxylic acids is 1. The van der Waals surface area contributed by atoms with Gasteiger partial charge in [0.1, 0.15) is 17.4 Å². The summed E-state index contributed by atoms with van der Waals surface area (Å²) in [6.45, 7) is 0.840. The van der Waals surface area contributed by atoms with E-state index in [0.29, 0.717) is 48.9 Å². The normalized spacial score (nSPS) is 17.3. The van der Waals surface area contributed by atoms with E-state index < -0.39 is 41.1 Å². The highest BCUT2D eigenvalue weighted by Gasteiger charge is 2.33. The van der Waals surface area contributed by atoms with Crippen LogP contribution < -0.4 is 21.1 Å². The van der Waals surface area contributed by atoms with Gasteiger partial charge in [0.2, 0.25) is 0 Å². The van der Waals surface area contributed by atoms with Gasteiger partial charge in [0.25, 0.3) is 5.91 Å². The van der Waals surface area contributed by atoms with Gasteiger partial charge in [-0.25, -0.2) is 13.5 Å². The number of anilines is 2. The highest BCUT2D eigenvalue weighted by Crippen LogP contribution is 2.45. The largest absolute Gasteiger partial charge is 0.453 e. The Kier molecular flexibility index (Phi) is 8.59. The molecule has 6 rings (SSSR count). The van der Waals surface area contributed by atoms with Crippen molar-refractivity contribution >= 4 is 39.9 Å². The lowest BCUT2D eigenvalue weighted by Crippen LogP contribution is -2.34. The van der Waals surface area contributed by atoms with E-state index in [1.807, 2.05) is 0 Å². The minimum atomic E-state index is -4.89. The van der Waals surface area contributed by atoms with Crippen LogP contribution in [0.25, 0.3) is 10.9 Å². The molecule has 4 N–H and O–H groups in total. The number of ether oxygens (including phenoxy) is 2. The molecule has 1 unspecified atom stereocenters. The predicted molar refractivity (Wildman–Crippen MR) is 158 cm³/mol. The smallest absolute Gasteiger partial charge is 0.416 e. The molecule has 1 saturated heterocycles. The molecule has 238 valence electrons. The lowest BCUT2D eigenvalue weighted by Gasteiger charge is -2.28. The van der Waals surface area contributed by atoms with Crippen molar-refractivity contribution in [3.63, 3.8) is 0 Å². The molecule has 2 aliphatic rings. The first kappa shape index (κ1) is 31.1. The van der Waals surface area contributed by atoms with Crippen molar-refractivity contribution in [1.82, 2.24) is 15.1 Å². The Morgan fingerprint density at radius 2 is 1.87 bits per heavy atom. The Morgan fingerprint density at radius 3 is 2.56 bits per heavy atom. The number of hydrogen-bond acceptors (Lipinski definition) is 6. The van der Waals surface area contributed by atoms with Crippen LogP contribution in [0.15, 0.2) is 42.5 Å². The number of halogens is 6. The maximum absolute atomic E-state index is 14.3. The highest BCUT2D eigenvalue weighted by molar-refractivity contribution is 6.32. The average Bonchev–Trinajstić information content (AvgIpc) is 3.32.